The Kier molecular flexibility index (Phi) is 4.72. The maximum atomic E-state index is 5.78. The van der Waals surface area contributed by atoms with Crippen LogP contribution < -0.4 is 5.73 Å². The van der Waals surface area contributed by atoms with E-state index in [-0.39, 0.29) is 0 Å². The standard InChI is InChI=1S/C21H24N4/c22-14-16-8-11-25(12-9-16)15-21-23-10-7-20(24-21)19-6-5-17-3-1-2-4-18(17)13-19/h1-7,10,13,16H,8-9,11-12,14-15,22H2. The van der Waals surface area contributed by atoms with Gasteiger partial charge in [-0.1, -0.05) is 36.4 Å². The fourth-order valence-corrected chi connectivity index (χ4v) is 3.56. The SMILES string of the molecule is NCC1CCN(Cc2nccc(-c3ccc4ccccc4c3)n2)CC1. The third-order valence-corrected chi connectivity index (χ3v) is 5.16. The van der Waals surface area contributed by atoms with Crippen molar-refractivity contribution >= 4 is 10.8 Å². The van der Waals surface area contributed by atoms with Crippen molar-refractivity contribution in [3.63, 3.8) is 0 Å². The van der Waals surface area contributed by atoms with Gasteiger partial charge < -0.3 is 5.73 Å². The lowest BCUT2D eigenvalue weighted by atomic mass is 9.97. The quantitative estimate of drug-likeness (QED) is 0.795. The molecule has 0 saturated carbocycles. The zero-order valence-electron chi connectivity index (χ0n) is 14.4. The van der Waals surface area contributed by atoms with Crippen LogP contribution in [-0.4, -0.2) is 34.5 Å². The molecule has 0 bridgehead atoms. The molecule has 1 aliphatic rings. The lowest BCUT2D eigenvalue weighted by Crippen LogP contribution is -2.36. The molecule has 1 fully saturated rings. The zero-order valence-corrected chi connectivity index (χ0v) is 14.4. The van der Waals surface area contributed by atoms with E-state index in [4.69, 9.17) is 10.7 Å². The summed E-state index contributed by atoms with van der Waals surface area (Å²) in [5, 5.41) is 2.49. The molecule has 1 aromatic heterocycles. The van der Waals surface area contributed by atoms with E-state index in [1.54, 1.807) is 0 Å². The minimum atomic E-state index is 0.682. The predicted octanol–water partition coefficient (Wildman–Crippen LogP) is 3.47. The molecule has 4 rings (SSSR count). The lowest BCUT2D eigenvalue weighted by Gasteiger charge is -2.30. The Bertz CT molecular complexity index is 853. The monoisotopic (exact) mass is 332 g/mol. The topological polar surface area (TPSA) is 55.0 Å². The molecule has 2 N–H and O–H groups in total. The van der Waals surface area contributed by atoms with Gasteiger partial charge in [0, 0.05) is 11.8 Å². The van der Waals surface area contributed by atoms with Crippen LogP contribution in [0.1, 0.15) is 18.7 Å². The molecule has 1 saturated heterocycles. The fraction of sp³-hybridized carbons (Fsp3) is 0.333. The molecule has 0 spiro atoms. The highest BCUT2D eigenvalue weighted by Crippen LogP contribution is 2.23. The summed E-state index contributed by atoms with van der Waals surface area (Å²) in [4.78, 5) is 11.7. The predicted molar refractivity (Wildman–Crippen MR) is 102 cm³/mol. The van der Waals surface area contributed by atoms with Crippen LogP contribution in [0.25, 0.3) is 22.0 Å². The largest absolute Gasteiger partial charge is 0.330 e. The highest BCUT2D eigenvalue weighted by Gasteiger charge is 2.18. The number of piperidine rings is 1. The fourth-order valence-electron chi connectivity index (χ4n) is 3.56. The Balaban J connectivity index is 1.52. The van der Waals surface area contributed by atoms with Crippen molar-refractivity contribution in [2.45, 2.75) is 19.4 Å². The molecule has 0 radical (unpaired) electrons. The van der Waals surface area contributed by atoms with Crippen LogP contribution in [0.5, 0.6) is 0 Å². The zero-order chi connectivity index (χ0) is 17.1. The second-order valence-electron chi connectivity index (χ2n) is 6.88. The van der Waals surface area contributed by atoms with Gasteiger partial charge in [-0.25, -0.2) is 9.97 Å². The number of hydrogen-bond donors (Lipinski definition) is 1. The van der Waals surface area contributed by atoms with E-state index < -0.39 is 0 Å². The molecule has 4 heteroatoms. The van der Waals surface area contributed by atoms with E-state index in [9.17, 15) is 0 Å². The first-order valence-electron chi connectivity index (χ1n) is 9.05. The average Bonchev–Trinajstić information content (AvgIpc) is 2.68. The number of likely N-dealkylation sites (tertiary alicyclic amines) is 1. The van der Waals surface area contributed by atoms with Gasteiger partial charge >= 0.3 is 0 Å². The van der Waals surface area contributed by atoms with Gasteiger partial charge in [0.1, 0.15) is 5.82 Å². The highest BCUT2D eigenvalue weighted by molar-refractivity contribution is 5.86. The summed E-state index contributed by atoms with van der Waals surface area (Å²) in [6.45, 7) is 3.80. The van der Waals surface area contributed by atoms with E-state index in [0.717, 1.165) is 43.3 Å². The lowest BCUT2D eigenvalue weighted by molar-refractivity contribution is 0.177. The summed E-state index contributed by atoms with van der Waals surface area (Å²) in [7, 11) is 0. The Morgan fingerprint density at radius 2 is 1.80 bits per heavy atom. The van der Waals surface area contributed by atoms with E-state index >= 15 is 0 Å². The van der Waals surface area contributed by atoms with Crippen LogP contribution in [-0.2, 0) is 6.54 Å². The number of nitrogens with two attached hydrogens (primary N) is 1. The second kappa shape index (κ2) is 7.30. The van der Waals surface area contributed by atoms with Crippen molar-refractivity contribution < 1.29 is 0 Å². The van der Waals surface area contributed by atoms with Crippen molar-refractivity contribution in [3.05, 3.63) is 60.6 Å². The smallest absolute Gasteiger partial charge is 0.142 e. The van der Waals surface area contributed by atoms with E-state index in [1.165, 1.54) is 23.6 Å². The van der Waals surface area contributed by atoms with Gasteiger partial charge in [-0.15, -0.1) is 0 Å². The Morgan fingerprint density at radius 1 is 1.00 bits per heavy atom. The summed E-state index contributed by atoms with van der Waals surface area (Å²) in [6.07, 6.45) is 4.24. The molecule has 2 aromatic carbocycles. The third kappa shape index (κ3) is 3.70. The van der Waals surface area contributed by atoms with Crippen molar-refractivity contribution in [1.29, 1.82) is 0 Å². The Hall–Kier alpha value is -2.30. The molecular weight excluding hydrogens is 308 g/mol. The van der Waals surface area contributed by atoms with E-state index in [1.807, 2.05) is 12.3 Å². The Morgan fingerprint density at radius 3 is 2.60 bits per heavy atom. The van der Waals surface area contributed by atoms with E-state index in [2.05, 4.69) is 52.3 Å². The molecule has 4 nitrogen and oxygen atoms in total. The molecule has 0 unspecified atom stereocenters. The van der Waals surface area contributed by atoms with Gasteiger partial charge in [-0.3, -0.25) is 4.90 Å². The third-order valence-electron chi connectivity index (χ3n) is 5.16. The molecule has 0 aliphatic carbocycles. The number of hydrogen-bond acceptors (Lipinski definition) is 4. The molecule has 1 aliphatic heterocycles. The summed E-state index contributed by atoms with van der Waals surface area (Å²) < 4.78 is 0. The van der Waals surface area contributed by atoms with Gasteiger partial charge in [0.2, 0.25) is 0 Å². The van der Waals surface area contributed by atoms with Crippen LogP contribution in [0, 0.1) is 5.92 Å². The summed E-state index contributed by atoms with van der Waals surface area (Å²) >= 11 is 0. The van der Waals surface area contributed by atoms with Crippen LogP contribution >= 0.6 is 0 Å². The Labute approximate surface area is 148 Å². The molecular formula is C21H24N4. The van der Waals surface area contributed by atoms with Gasteiger partial charge in [0.15, 0.2) is 0 Å². The maximum absolute atomic E-state index is 5.78. The van der Waals surface area contributed by atoms with Crippen molar-refractivity contribution in [1.82, 2.24) is 14.9 Å². The normalized spacial score (nSPS) is 16.4. The minimum absolute atomic E-state index is 0.682. The van der Waals surface area contributed by atoms with Gasteiger partial charge in [0.25, 0.3) is 0 Å². The first-order valence-corrected chi connectivity index (χ1v) is 9.05. The first kappa shape index (κ1) is 16.2. The molecule has 3 aromatic rings. The molecule has 25 heavy (non-hydrogen) atoms. The van der Waals surface area contributed by atoms with Gasteiger partial charge in [-0.05, 0) is 61.3 Å². The van der Waals surface area contributed by atoms with Crippen LogP contribution in [0.3, 0.4) is 0 Å². The van der Waals surface area contributed by atoms with E-state index in [0.29, 0.717) is 5.92 Å². The number of aromatic nitrogens is 2. The average molecular weight is 332 g/mol. The summed E-state index contributed by atoms with van der Waals surface area (Å²) in [5.74, 6) is 1.58. The number of fused-ring (bicyclic) bond motifs is 1. The van der Waals surface area contributed by atoms with Gasteiger partial charge in [0.05, 0.1) is 12.2 Å². The maximum Gasteiger partial charge on any atom is 0.142 e. The van der Waals surface area contributed by atoms with Gasteiger partial charge in [-0.2, -0.15) is 0 Å². The molecule has 2 heterocycles. The van der Waals surface area contributed by atoms with Crippen molar-refractivity contribution in [3.8, 4) is 11.3 Å². The minimum Gasteiger partial charge on any atom is -0.330 e. The first-order chi connectivity index (χ1) is 12.3. The summed E-state index contributed by atoms with van der Waals surface area (Å²) in [5.41, 5.74) is 7.92. The summed E-state index contributed by atoms with van der Waals surface area (Å²) in [6, 6.07) is 16.9. The second-order valence-corrected chi connectivity index (χ2v) is 6.88. The van der Waals surface area contributed by atoms with Crippen molar-refractivity contribution in [2.24, 2.45) is 11.7 Å². The molecule has 0 amide bonds. The number of benzene rings is 2. The van der Waals surface area contributed by atoms with Crippen molar-refractivity contribution in [2.75, 3.05) is 19.6 Å². The number of nitrogens with zero attached hydrogens (tertiary/aromatic N) is 3. The highest BCUT2D eigenvalue weighted by atomic mass is 15.1. The molecule has 0 atom stereocenters. The van der Waals surface area contributed by atoms with Crippen LogP contribution in [0.4, 0.5) is 0 Å². The van der Waals surface area contributed by atoms with Crippen LogP contribution in [0.15, 0.2) is 54.7 Å². The number of rotatable bonds is 4. The van der Waals surface area contributed by atoms with Crippen LogP contribution in [0.2, 0.25) is 0 Å². The molecule has 128 valence electrons.